The number of quaternary nitrogens is 1. The second-order valence-electron chi connectivity index (χ2n) is 8.52. The van der Waals surface area contributed by atoms with Crippen LogP contribution in [0, 0.1) is 6.92 Å². The van der Waals surface area contributed by atoms with Crippen LogP contribution in [0.1, 0.15) is 55.7 Å². The Morgan fingerprint density at radius 3 is 2.66 bits per heavy atom. The SMILES string of the molecule is CCCc1ccc(C)c(NC(=O)C[N+]2(Cc3ccccc3)CCCCCC2O)c1. The van der Waals surface area contributed by atoms with Crippen LogP contribution in [0.4, 0.5) is 5.69 Å². The van der Waals surface area contributed by atoms with E-state index in [4.69, 9.17) is 0 Å². The van der Waals surface area contributed by atoms with Crippen LogP contribution < -0.4 is 5.32 Å². The fourth-order valence-corrected chi connectivity index (χ4v) is 4.45. The summed E-state index contributed by atoms with van der Waals surface area (Å²) in [6.45, 7) is 6.01. The lowest BCUT2D eigenvalue weighted by Crippen LogP contribution is -2.58. The highest BCUT2D eigenvalue weighted by Gasteiger charge is 2.39. The van der Waals surface area contributed by atoms with E-state index in [0.717, 1.165) is 56.3 Å². The summed E-state index contributed by atoms with van der Waals surface area (Å²) in [6, 6.07) is 16.5. The van der Waals surface area contributed by atoms with Gasteiger partial charge in [0.2, 0.25) is 0 Å². The molecule has 1 amide bonds. The predicted molar refractivity (Wildman–Crippen MR) is 118 cm³/mol. The van der Waals surface area contributed by atoms with Crippen LogP contribution in [0.25, 0.3) is 0 Å². The minimum Gasteiger partial charge on any atom is -0.345 e. The summed E-state index contributed by atoms with van der Waals surface area (Å²) in [7, 11) is 0. The molecule has 29 heavy (non-hydrogen) atoms. The summed E-state index contributed by atoms with van der Waals surface area (Å²) < 4.78 is 0.420. The van der Waals surface area contributed by atoms with Gasteiger partial charge in [-0.05, 0) is 49.8 Å². The molecule has 0 spiro atoms. The number of rotatable bonds is 7. The first kappa shape index (κ1) is 21.5. The monoisotopic (exact) mass is 395 g/mol. The van der Waals surface area contributed by atoms with Gasteiger partial charge in [-0.25, -0.2) is 0 Å². The summed E-state index contributed by atoms with van der Waals surface area (Å²) in [5.41, 5.74) is 4.38. The molecule has 2 atom stereocenters. The number of carbonyl (C=O) groups excluding carboxylic acids is 1. The Morgan fingerprint density at radius 1 is 1.10 bits per heavy atom. The molecular weight excluding hydrogens is 360 g/mol. The minimum absolute atomic E-state index is 0.0152. The molecule has 2 N–H and O–H groups in total. The second kappa shape index (κ2) is 10.0. The number of aliphatic hydroxyl groups excluding tert-OH is 1. The van der Waals surface area contributed by atoms with E-state index in [1.165, 1.54) is 11.1 Å². The zero-order valence-corrected chi connectivity index (χ0v) is 17.9. The molecule has 1 heterocycles. The number of anilines is 1. The molecule has 0 bridgehead atoms. The Hall–Kier alpha value is -2.17. The topological polar surface area (TPSA) is 49.3 Å². The number of hydrogen-bond acceptors (Lipinski definition) is 2. The van der Waals surface area contributed by atoms with Crippen molar-refractivity contribution in [2.75, 3.05) is 18.4 Å². The summed E-state index contributed by atoms with van der Waals surface area (Å²) in [4.78, 5) is 13.1. The third-order valence-corrected chi connectivity index (χ3v) is 6.11. The number of hydrogen-bond donors (Lipinski definition) is 2. The van der Waals surface area contributed by atoms with Crippen LogP contribution in [-0.4, -0.2) is 34.8 Å². The van der Waals surface area contributed by atoms with Gasteiger partial charge in [-0.15, -0.1) is 0 Å². The molecule has 3 rings (SSSR count). The van der Waals surface area contributed by atoms with Gasteiger partial charge < -0.3 is 10.4 Å². The molecule has 0 aromatic heterocycles. The van der Waals surface area contributed by atoms with E-state index >= 15 is 0 Å². The van der Waals surface area contributed by atoms with Gasteiger partial charge in [0, 0.05) is 17.7 Å². The van der Waals surface area contributed by atoms with E-state index < -0.39 is 6.23 Å². The van der Waals surface area contributed by atoms with E-state index in [-0.39, 0.29) is 5.91 Å². The molecule has 4 nitrogen and oxygen atoms in total. The van der Waals surface area contributed by atoms with E-state index in [1.807, 2.05) is 25.1 Å². The number of aliphatic hydroxyl groups is 1. The Kier molecular flexibility index (Phi) is 7.45. The second-order valence-corrected chi connectivity index (χ2v) is 8.52. The van der Waals surface area contributed by atoms with Crippen molar-refractivity contribution in [3.05, 3.63) is 65.2 Å². The van der Waals surface area contributed by atoms with E-state index in [9.17, 15) is 9.90 Å². The number of likely N-dealkylation sites (tertiary alicyclic amines) is 1. The maximum Gasteiger partial charge on any atom is 0.279 e. The zero-order valence-electron chi connectivity index (χ0n) is 17.9. The average molecular weight is 396 g/mol. The molecule has 0 saturated carbocycles. The van der Waals surface area contributed by atoms with Gasteiger partial charge in [-0.1, -0.05) is 55.8 Å². The number of nitrogens with zero attached hydrogens (tertiary/aromatic N) is 1. The van der Waals surface area contributed by atoms with Gasteiger partial charge >= 0.3 is 0 Å². The van der Waals surface area contributed by atoms with Crippen molar-refractivity contribution in [1.82, 2.24) is 0 Å². The summed E-state index contributed by atoms with van der Waals surface area (Å²) >= 11 is 0. The molecule has 4 heteroatoms. The van der Waals surface area contributed by atoms with Crippen LogP contribution in [0.5, 0.6) is 0 Å². The predicted octanol–water partition coefficient (Wildman–Crippen LogP) is 4.80. The smallest absolute Gasteiger partial charge is 0.279 e. The van der Waals surface area contributed by atoms with Crippen LogP contribution in [-0.2, 0) is 17.8 Å². The molecule has 2 aromatic carbocycles. The van der Waals surface area contributed by atoms with E-state index in [2.05, 4.69) is 42.6 Å². The fraction of sp³-hybridized carbons (Fsp3) is 0.480. The van der Waals surface area contributed by atoms with Crippen molar-refractivity contribution in [3.63, 3.8) is 0 Å². The highest BCUT2D eigenvalue weighted by Crippen LogP contribution is 2.27. The van der Waals surface area contributed by atoms with Crippen LogP contribution in [0.3, 0.4) is 0 Å². The van der Waals surface area contributed by atoms with Crippen molar-refractivity contribution in [2.45, 2.75) is 65.1 Å². The van der Waals surface area contributed by atoms with Crippen LogP contribution in [0.2, 0.25) is 0 Å². The molecule has 1 aliphatic rings. The Balaban J connectivity index is 1.80. The molecule has 156 valence electrons. The molecular formula is C25H35N2O2+. The van der Waals surface area contributed by atoms with Crippen LogP contribution >= 0.6 is 0 Å². The van der Waals surface area contributed by atoms with Crippen molar-refractivity contribution in [1.29, 1.82) is 0 Å². The molecule has 2 unspecified atom stereocenters. The lowest BCUT2D eigenvalue weighted by Gasteiger charge is -2.41. The van der Waals surface area contributed by atoms with Gasteiger partial charge in [0.25, 0.3) is 5.91 Å². The number of carbonyl (C=O) groups is 1. The van der Waals surface area contributed by atoms with E-state index in [1.54, 1.807) is 0 Å². The van der Waals surface area contributed by atoms with Crippen molar-refractivity contribution in [2.24, 2.45) is 0 Å². The highest BCUT2D eigenvalue weighted by atomic mass is 16.3. The van der Waals surface area contributed by atoms with Gasteiger partial charge in [0.1, 0.15) is 6.54 Å². The van der Waals surface area contributed by atoms with Gasteiger partial charge in [-0.3, -0.25) is 9.28 Å². The number of benzene rings is 2. The van der Waals surface area contributed by atoms with Crippen LogP contribution in [0.15, 0.2) is 48.5 Å². The normalized spacial score (nSPS) is 22.1. The Labute approximate surface area is 175 Å². The zero-order chi connectivity index (χ0) is 20.7. The Morgan fingerprint density at radius 2 is 1.90 bits per heavy atom. The van der Waals surface area contributed by atoms with Crippen molar-refractivity contribution in [3.8, 4) is 0 Å². The molecule has 2 aromatic rings. The van der Waals surface area contributed by atoms with Gasteiger partial charge in [0.05, 0.1) is 6.54 Å². The fourth-order valence-electron chi connectivity index (χ4n) is 4.45. The summed E-state index contributed by atoms with van der Waals surface area (Å²) in [6.07, 6.45) is 5.53. The summed E-state index contributed by atoms with van der Waals surface area (Å²) in [5.74, 6) is -0.0152. The summed E-state index contributed by atoms with van der Waals surface area (Å²) in [5, 5.41) is 14.2. The maximum absolute atomic E-state index is 13.1. The largest absolute Gasteiger partial charge is 0.345 e. The number of nitrogens with one attached hydrogen (secondary N) is 1. The quantitative estimate of drug-likeness (QED) is 0.662. The molecule has 0 aliphatic carbocycles. The third kappa shape index (κ3) is 5.68. The lowest BCUT2D eigenvalue weighted by atomic mass is 10.1. The van der Waals surface area contributed by atoms with Crippen molar-refractivity contribution >= 4 is 11.6 Å². The first-order valence-corrected chi connectivity index (χ1v) is 11.0. The standard InChI is InChI=1S/C25H34N2O2/c1-3-10-21-15-14-20(2)23(17-21)26-24(28)19-27(16-9-5-8-13-25(27)29)18-22-11-6-4-7-12-22/h4,6-7,11-12,14-15,17,25,29H,3,5,8-10,13,16,18-19H2,1-2H3/p+1. The first-order chi connectivity index (χ1) is 14.0. The molecule has 0 radical (unpaired) electrons. The number of amides is 1. The van der Waals surface area contributed by atoms with Gasteiger partial charge in [-0.2, -0.15) is 0 Å². The maximum atomic E-state index is 13.1. The third-order valence-electron chi connectivity index (χ3n) is 6.11. The highest BCUT2D eigenvalue weighted by molar-refractivity contribution is 5.92. The lowest BCUT2D eigenvalue weighted by molar-refractivity contribution is -0.975. The van der Waals surface area contributed by atoms with E-state index in [0.29, 0.717) is 17.6 Å². The number of aryl methyl sites for hydroxylation is 2. The van der Waals surface area contributed by atoms with Crippen molar-refractivity contribution < 1.29 is 14.4 Å². The van der Waals surface area contributed by atoms with Gasteiger partial charge in [0.15, 0.2) is 12.8 Å². The molecule has 1 saturated heterocycles. The molecule has 1 fully saturated rings. The molecule has 1 aliphatic heterocycles. The average Bonchev–Trinajstić information content (AvgIpc) is 2.87. The Bertz CT molecular complexity index is 806. The minimum atomic E-state index is -0.504. The first-order valence-electron chi connectivity index (χ1n) is 11.0.